The van der Waals surface area contributed by atoms with Gasteiger partial charge in [-0.05, 0) is 59.2 Å². The first-order valence-corrected chi connectivity index (χ1v) is 17.7. The summed E-state index contributed by atoms with van der Waals surface area (Å²) < 4.78 is 15.3. The van der Waals surface area contributed by atoms with Crippen molar-refractivity contribution in [2.24, 2.45) is 0 Å². The van der Waals surface area contributed by atoms with Crippen LogP contribution >= 0.6 is 0 Å². The maximum atomic E-state index is 10.8. The van der Waals surface area contributed by atoms with Gasteiger partial charge in [-0.3, -0.25) is 0 Å². The quantitative estimate of drug-likeness (QED) is 0.186. The Bertz CT molecular complexity index is 3300. The fourth-order valence-electron chi connectivity index (χ4n) is 8.31. The van der Waals surface area contributed by atoms with Crippen LogP contribution < -0.4 is 0 Å². The van der Waals surface area contributed by atoms with Gasteiger partial charge >= 0.3 is 0 Å². The first kappa shape index (κ1) is 29.4. The molecule has 0 aliphatic rings. The van der Waals surface area contributed by atoms with Crippen LogP contribution in [-0.4, -0.2) is 4.57 Å². The summed E-state index contributed by atoms with van der Waals surface area (Å²) in [5.74, 6) is 0. The average molecular weight is 677 g/mol. The Labute approximate surface area is 304 Å². The number of hydrogen-bond donors (Lipinski definition) is 0. The zero-order valence-electron chi connectivity index (χ0n) is 28.4. The molecule has 0 bridgehead atoms. The number of para-hydroxylation sites is 4. The monoisotopic (exact) mass is 676 g/mol. The number of nitrogens with zero attached hydrogens (tertiary/aromatic N) is 2. The lowest BCUT2D eigenvalue weighted by molar-refractivity contribution is 0.669. The van der Waals surface area contributed by atoms with Gasteiger partial charge in [0.25, 0.3) is 0 Å². The third-order valence-corrected chi connectivity index (χ3v) is 10.7. The molecule has 11 aromatic rings. The molecule has 0 saturated carbocycles. The largest absolute Gasteiger partial charge is 0.456 e. The van der Waals surface area contributed by atoms with Gasteiger partial charge in [0, 0.05) is 54.7 Å². The van der Waals surface area contributed by atoms with E-state index in [2.05, 4.69) is 120 Å². The SMILES string of the molecule is N#Cc1c(-c2ccccc2)cccc1-c1ccc(-n2c3ccccc3c3cc4oc5ccccc5c4cc32)cc1-c1cccc2c1oc1ccccc12. The molecule has 8 aromatic carbocycles. The van der Waals surface area contributed by atoms with E-state index in [1.54, 1.807) is 0 Å². The molecule has 0 saturated heterocycles. The molecule has 0 N–H and O–H groups in total. The molecule has 4 heteroatoms. The highest BCUT2D eigenvalue weighted by Gasteiger charge is 2.22. The van der Waals surface area contributed by atoms with E-state index in [0.717, 1.165) is 105 Å². The molecule has 0 spiro atoms. The van der Waals surface area contributed by atoms with E-state index in [9.17, 15) is 5.26 Å². The summed E-state index contributed by atoms with van der Waals surface area (Å²) in [4.78, 5) is 0. The fourth-order valence-corrected chi connectivity index (χ4v) is 8.31. The van der Waals surface area contributed by atoms with Gasteiger partial charge in [-0.2, -0.15) is 5.26 Å². The van der Waals surface area contributed by atoms with E-state index in [-0.39, 0.29) is 0 Å². The molecular formula is C49H28N2O2. The van der Waals surface area contributed by atoms with E-state index in [4.69, 9.17) is 8.83 Å². The standard InChI is InChI=1S/C49H28N2O2/c50-29-43-32(30-12-2-1-3-13-30)17-10-18-33(43)34-25-24-31(26-40(34)39-20-11-19-38-36-15-5-9-23-47(36)53-49(38)39)51-44-21-7-4-14-35(44)41-28-48-42(27-45(41)51)37-16-6-8-22-46(37)52-48/h1-28H. The number of rotatable bonds is 4. The van der Waals surface area contributed by atoms with Gasteiger partial charge in [-0.25, -0.2) is 0 Å². The Kier molecular flexibility index (Phi) is 6.28. The van der Waals surface area contributed by atoms with Crippen molar-refractivity contribution in [1.82, 2.24) is 4.57 Å². The Balaban J connectivity index is 1.24. The van der Waals surface area contributed by atoms with E-state index >= 15 is 0 Å². The van der Waals surface area contributed by atoms with Gasteiger partial charge in [-0.15, -0.1) is 0 Å². The van der Waals surface area contributed by atoms with E-state index in [0.29, 0.717) is 5.56 Å². The van der Waals surface area contributed by atoms with Crippen molar-refractivity contribution in [2.45, 2.75) is 0 Å². The Hall–Kier alpha value is -7.35. The topological polar surface area (TPSA) is 55.0 Å². The molecule has 0 atom stereocenters. The normalized spacial score (nSPS) is 11.8. The minimum atomic E-state index is 0.635. The smallest absolute Gasteiger partial charge is 0.143 e. The number of aromatic nitrogens is 1. The summed E-state index contributed by atoms with van der Waals surface area (Å²) in [6.45, 7) is 0. The highest BCUT2D eigenvalue weighted by atomic mass is 16.3. The lowest BCUT2D eigenvalue weighted by Crippen LogP contribution is -1.97. The zero-order chi connectivity index (χ0) is 35.0. The van der Waals surface area contributed by atoms with Crippen LogP contribution in [0.4, 0.5) is 0 Å². The summed E-state index contributed by atoms with van der Waals surface area (Å²) >= 11 is 0. The molecule has 0 radical (unpaired) electrons. The fraction of sp³-hybridized carbons (Fsp3) is 0. The average Bonchev–Trinajstić information content (AvgIpc) is 3.89. The molecule has 0 aliphatic heterocycles. The molecule has 0 fully saturated rings. The van der Waals surface area contributed by atoms with Crippen LogP contribution in [0.2, 0.25) is 0 Å². The van der Waals surface area contributed by atoms with E-state index in [1.807, 2.05) is 60.7 Å². The molecule has 3 aromatic heterocycles. The van der Waals surface area contributed by atoms with Gasteiger partial charge in [0.15, 0.2) is 0 Å². The summed E-state index contributed by atoms with van der Waals surface area (Å²) in [6, 6.07) is 61.2. The minimum Gasteiger partial charge on any atom is -0.456 e. The van der Waals surface area contributed by atoms with Crippen LogP contribution in [-0.2, 0) is 0 Å². The van der Waals surface area contributed by atoms with Crippen LogP contribution in [0, 0.1) is 11.3 Å². The number of fused-ring (bicyclic) bond motifs is 9. The van der Waals surface area contributed by atoms with Crippen molar-refractivity contribution >= 4 is 65.7 Å². The predicted octanol–water partition coefficient (Wildman–Crippen LogP) is 13.5. The predicted molar refractivity (Wildman–Crippen MR) is 216 cm³/mol. The van der Waals surface area contributed by atoms with Crippen molar-refractivity contribution < 1.29 is 8.83 Å². The second-order valence-electron chi connectivity index (χ2n) is 13.5. The third kappa shape index (κ3) is 4.35. The van der Waals surface area contributed by atoms with Crippen molar-refractivity contribution in [3.8, 4) is 45.1 Å². The molecule has 0 amide bonds. The molecular weight excluding hydrogens is 649 g/mol. The van der Waals surface area contributed by atoms with Crippen LogP contribution in [0.5, 0.6) is 0 Å². The van der Waals surface area contributed by atoms with Crippen molar-refractivity contribution in [3.63, 3.8) is 0 Å². The first-order valence-electron chi connectivity index (χ1n) is 17.7. The van der Waals surface area contributed by atoms with E-state index in [1.165, 1.54) is 0 Å². The lowest BCUT2D eigenvalue weighted by atomic mass is 9.87. The third-order valence-electron chi connectivity index (χ3n) is 10.7. The number of benzene rings is 8. The number of nitriles is 1. The maximum absolute atomic E-state index is 10.8. The van der Waals surface area contributed by atoms with Crippen LogP contribution in [0.3, 0.4) is 0 Å². The van der Waals surface area contributed by atoms with Gasteiger partial charge < -0.3 is 13.4 Å². The Morgan fingerprint density at radius 1 is 0.396 bits per heavy atom. The molecule has 246 valence electrons. The van der Waals surface area contributed by atoms with Gasteiger partial charge in [-0.1, -0.05) is 127 Å². The van der Waals surface area contributed by atoms with Crippen LogP contribution in [0.25, 0.3) is 105 Å². The highest BCUT2D eigenvalue weighted by molar-refractivity contribution is 6.17. The molecule has 3 heterocycles. The van der Waals surface area contributed by atoms with Gasteiger partial charge in [0.05, 0.1) is 16.6 Å². The number of furan rings is 2. The van der Waals surface area contributed by atoms with Crippen LogP contribution in [0.15, 0.2) is 179 Å². The van der Waals surface area contributed by atoms with Crippen molar-refractivity contribution in [1.29, 1.82) is 5.26 Å². The van der Waals surface area contributed by atoms with Gasteiger partial charge in [0.1, 0.15) is 28.4 Å². The van der Waals surface area contributed by atoms with E-state index < -0.39 is 0 Å². The lowest BCUT2D eigenvalue weighted by Gasteiger charge is -2.17. The second-order valence-corrected chi connectivity index (χ2v) is 13.5. The zero-order valence-corrected chi connectivity index (χ0v) is 28.4. The highest BCUT2D eigenvalue weighted by Crippen LogP contribution is 2.44. The summed E-state index contributed by atoms with van der Waals surface area (Å²) in [7, 11) is 0. The molecule has 4 nitrogen and oxygen atoms in total. The Morgan fingerprint density at radius 3 is 1.89 bits per heavy atom. The maximum Gasteiger partial charge on any atom is 0.143 e. The Morgan fingerprint density at radius 2 is 1.06 bits per heavy atom. The van der Waals surface area contributed by atoms with Crippen molar-refractivity contribution in [2.75, 3.05) is 0 Å². The summed E-state index contributed by atoms with van der Waals surface area (Å²) in [5, 5.41) is 17.3. The molecule has 0 unspecified atom stereocenters. The first-order chi connectivity index (χ1) is 26.2. The second kappa shape index (κ2) is 11.3. The summed E-state index contributed by atoms with van der Waals surface area (Å²) in [5.41, 5.74) is 12.9. The molecule has 53 heavy (non-hydrogen) atoms. The van der Waals surface area contributed by atoms with Crippen LogP contribution in [0.1, 0.15) is 5.56 Å². The minimum absolute atomic E-state index is 0.635. The number of hydrogen-bond acceptors (Lipinski definition) is 3. The molecule has 11 rings (SSSR count). The van der Waals surface area contributed by atoms with Gasteiger partial charge in [0.2, 0.25) is 0 Å². The summed E-state index contributed by atoms with van der Waals surface area (Å²) in [6.07, 6.45) is 0. The van der Waals surface area contributed by atoms with Crippen molar-refractivity contribution in [3.05, 3.63) is 175 Å². The molecule has 0 aliphatic carbocycles.